The molecule has 2 amide bonds. The molecule has 8 nitrogen and oxygen atoms in total. The van der Waals surface area contributed by atoms with Crippen molar-refractivity contribution in [2.75, 3.05) is 32.0 Å². The number of rotatable bonds is 6. The SMILES string of the molecule is Cc1ccccc1C(=O)Nc1cccc2c(S(=O)(=O)N[C@H]3CCN(C(=O)[C@@H]4CCCN4C)CC3C)cccc12. The first-order chi connectivity index (χ1) is 18.7. The Kier molecular flexibility index (Phi) is 7.75. The summed E-state index contributed by atoms with van der Waals surface area (Å²) in [5, 5.41) is 4.14. The number of hydrogen-bond acceptors (Lipinski definition) is 5. The van der Waals surface area contributed by atoms with Gasteiger partial charge in [0.15, 0.2) is 0 Å². The summed E-state index contributed by atoms with van der Waals surface area (Å²) in [5.74, 6) is -0.119. The van der Waals surface area contributed by atoms with E-state index < -0.39 is 10.0 Å². The molecule has 2 aliphatic rings. The lowest BCUT2D eigenvalue weighted by molar-refractivity contribution is -0.137. The number of hydrogen-bond donors (Lipinski definition) is 2. The fourth-order valence-corrected chi connectivity index (χ4v) is 7.46. The lowest BCUT2D eigenvalue weighted by Crippen LogP contribution is -2.54. The Balaban J connectivity index is 1.33. The fourth-order valence-electron chi connectivity index (χ4n) is 5.86. The summed E-state index contributed by atoms with van der Waals surface area (Å²) in [6.45, 7) is 5.87. The van der Waals surface area contributed by atoms with Crippen LogP contribution in [0.3, 0.4) is 0 Å². The predicted octanol–water partition coefficient (Wildman–Crippen LogP) is 4.01. The average Bonchev–Trinajstić information content (AvgIpc) is 3.35. The molecule has 2 fully saturated rings. The molecule has 206 valence electrons. The number of carbonyl (C=O) groups is 2. The molecular weight excluding hydrogens is 512 g/mol. The van der Waals surface area contributed by atoms with Crippen molar-refractivity contribution in [1.29, 1.82) is 0 Å². The van der Waals surface area contributed by atoms with Gasteiger partial charge in [0, 0.05) is 41.2 Å². The van der Waals surface area contributed by atoms with Crippen LogP contribution < -0.4 is 10.0 Å². The van der Waals surface area contributed by atoms with Crippen molar-refractivity contribution >= 4 is 38.3 Å². The number of aryl methyl sites for hydroxylation is 1. The summed E-state index contributed by atoms with van der Waals surface area (Å²) in [7, 11) is -1.87. The van der Waals surface area contributed by atoms with Crippen LogP contribution in [0.4, 0.5) is 5.69 Å². The van der Waals surface area contributed by atoms with E-state index in [2.05, 4.69) is 14.9 Å². The lowest BCUT2D eigenvalue weighted by Gasteiger charge is -2.39. The Hall–Kier alpha value is -3.27. The lowest BCUT2D eigenvalue weighted by atomic mass is 9.94. The zero-order valence-electron chi connectivity index (χ0n) is 22.7. The first-order valence-corrected chi connectivity index (χ1v) is 15.0. The van der Waals surface area contributed by atoms with E-state index in [0.29, 0.717) is 41.5 Å². The third-order valence-corrected chi connectivity index (χ3v) is 9.69. The molecule has 1 unspecified atom stereocenters. The van der Waals surface area contributed by atoms with E-state index in [1.54, 1.807) is 36.4 Å². The number of likely N-dealkylation sites (N-methyl/N-ethyl adjacent to an activating group) is 1. The van der Waals surface area contributed by atoms with E-state index in [1.165, 1.54) is 0 Å². The molecule has 39 heavy (non-hydrogen) atoms. The maximum Gasteiger partial charge on any atom is 0.255 e. The Labute approximate surface area is 230 Å². The maximum atomic E-state index is 13.6. The molecule has 5 rings (SSSR count). The number of nitrogens with one attached hydrogen (secondary N) is 2. The van der Waals surface area contributed by atoms with E-state index in [1.807, 2.05) is 50.1 Å². The van der Waals surface area contributed by atoms with Crippen LogP contribution in [0.25, 0.3) is 10.8 Å². The number of likely N-dealkylation sites (tertiary alicyclic amines) is 2. The van der Waals surface area contributed by atoms with Gasteiger partial charge in [0.2, 0.25) is 15.9 Å². The van der Waals surface area contributed by atoms with Gasteiger partial charge in [0.1, 0.15) is 0 Å². The Bertz CT molecular complexity index is 1510. The number of piperidine rings is 1. The summed E-state index contributed by atoms with van der Waals surface area (Å²) in [4.78, 5) is 30.2. The van der Waals surface area contributed by atoms with Crippen LogP contribution in [0.1, 0.15) is 42.1 Å². The molecule has 9 heteroatoms. The van der Waals surface area contributed by atoms with Crippen LogP contribution in [0, 0.1) is 12.8 Å². The number of fused-ring (bicyclic) bond motifs is 1. The van der Waals surface area contributed by atoms with Crippen molar-refractivity contribution in [3.63, 3.8) is 0 Å². The van der Waals surface area contributed by atoms with Crippen molar-refractivity contribution in [3.05, 3.63) is 71.8 Å². The standard InChI is InChI=1S/C30H36N4O4S/c1-20-9-4-5-10-22(20)29(35)31-26-13-6-12-24-23(26)11-7-15-28(24)39(37,38)32-25-16-18-34(19-21(25)2)30(36)27-14-8-17-33(27)3/h4-7,9-13,15,21,25,27,32H,8,14,16-19H2,1-3H3,(H,31,35)/t21?,25-,27-/m0/s1. The monoisotopic (exact) mass is 548 g/mol. The molecule has 0 radical (unpaired) electrons. The molecule has 0 aromatic heterocycles. The highest BCUT2D eigenvalue weighted by atomic mass is 32.2. The van der Waals surface area contributed by atoms with Crippen molar-refractivity contribution in [2.24, 2.45) is 5.92 Å². The fraction of sp³-hybridized carbons (Fsp3) is 0.400. The highest BCUT2D eigenvalue weighted by Crippen LogP contribution is 2.30. The number of sulfonamides is 1. The molecule has 0 saturated carbocycles. The molecule has 0 spiro atoms. The van der Waals surface area contributed by atoms with Crippen molar-refractivity contribution in [2.45, 2.75) is 50.1 Å². The van der Waals surface area contributed by atoms with E-state index in [-0.39, 0.29) is 34.7 Å². The van der Waals surface area contributed by atoms with Gasteiger partial charge in [-0.2, -0.15) is 0 Å². The van der Waals surface area contributed by atoms with Crippen LogP contribution in [0.5, 0.6) is 0 Å². The second kappa shape index (κ2) is 11.1. The first-order valence-electron chi connectivity index (χ1n) is 13.6. The number of anilines is 1. The van der Waals surface area contributed by atoms with Gasteiger partial charge in [-0.25, -0.2) is 13.1 Å². The van der Waals surface area contributed by atoms with Crippen LogP contribution in [-0.4, -0.2) is 68.8 Å². The predicted molar refractivity (Wildman–Crippen MR) is 153 cm³/mol. The minimum Gasteiger partial charge on any atom is -0.341 e. The minimum absolute atomic E-state index is 0.0249. The van der Waals surface area contributed by atoms with E-state index in [4.69, 9.17) is 0 Å². The number of nitrogens with zero attached hydrogens (tertiary/aromatic N) is 2. The molecule has 0 aliphatic carbocycles. The highest BCUT2D eigenvalue weighted by Gasteiger charge is 2.37. The minimum atomic E-state index is -3.86. The van der Waals surface area contributed by atoms with E-state index in [0.717, 1.165) is 24.9 Å². The summed E-state index contributed by atoms with van der Waals surface area (Å²) in [6, 6.07) is 17.4. The van der Waals surface area contributed by atoms with Crippen molar-refractivity contribution in [3.8, 4) is 0 Å². The van der Waals surface area contributed by atoms with Gasteiger partial charge >= 0.3 is 0 Å². The Morgan fingerprint density at radius 1 is 0.923 bits per heavy atom. The average molecular weight is 549 g/mol. The van der Waals surface area contributed by atoms with Crippen molar-refractivity contribution < 1.29 is 18.0 Å². The van der Waals surface area contributed by atoms with Gasteiger partial charge in [0.25, 0.3) is 5.91 Å². The van der Waals surface area contributed by atoms with Crippen LogP contribution in [0.15, 0.2) is 65.6 Å². The molecule has 2 heterocycles. The molecule has 3 aromatic rings. The molecule has 3 atom stereocenters. The summed E-state index contributed by atoms with van der Waals surface area (Å²) in [5.41, 5.74) is 1.98. The number of amides is 2. The van der Waals surface area contributed by atoms with Gasteiger partial charge in [-0.15, -0.1) is 0 Å². The van der Waals surface area contributed by atoms with Gasteiger partial charge in [-0.1, -0.05) is 49.4 Å². The van der Waals surface area contributed by atoms with Gasteiger partial charge in [0.05, 0.1) is 10.9 Å². The van der Waals surface area contributed by atoms with E-state index >= 15 is 0 Å². The first kappa shape index (κ1) is 27.3. The van der Waals surface area contributed by atoms with Gasteiger partial charge in [-0.3, -0.25) is 14.5 Å². The third-order valence-electron chi connectivity index (χ3n) is 8.14. The van der Waals surface area contributed by atoms with Crippen LogP contribution in [0.2, 0.25) is 0 Å². The summed E-state index contributed by atoms with van der Waals surface area (Å²) >= 11 is 0. The topological polar surface area (TPSA) is 98.8 Å². The van der Waals surface area contributed by atoms with Crippen LogP contribution >= 0.6 is 0 Å². The normalized spacial score (nSPS) is 22.2. The molecule has 3 aromatic carbocycles. The highest BCUT2D eigenvalue weighted by molar-refractivity contribution is 7.89. The maximum absolute atomic E-state index is 13.6. The molecule has 2 saturated heterocycles. The smallest absolute Gasteiger partial charge is 0.255 e. The molecule has 0 bridgehead atoms. The Morgan fingerprint density at radius 3 is 2.38 bits per heavy atom. The van der Waals surface area contributed by atoms with Gasteiger partial charge < -0.3 is 10.2 Å². The zero-order valence-corrected chi connectivity index (χ0v) is 23.5. The van der Waals surface area contributed by atoms with E-state index in [9.17, 15) is 18.0 Å². The molecule has 2 N–H and O–H groups in total. The number of benzene rings is 3. The third kappa shape index (κ3) is 5.57. The van der Waals surface area contributed by atoms with Crippen molar-refractivity contribution in [1.82, 2.24) is 14.5 Å². The molecular formula is C30H36N4O4S. The Morgan fingerprint density at radius 2 is 1.67 bits per heavy atom. The quantitative estimate of drug-likeness (QED) is 0.485. The summed E-state index contributed by atoms with van der Waals surface area (Å²) in [6.07, 6.45) is 2.47. The van der Waals surface area contributed by atoms with Crippen LogP contribution in [-0.2, 0) is 14.8 Å². The second-order valence-corrected chi connectivity index (χ2v) is 12.5. The summed E-state index contributed by atoms with van der Waals surface area (Å²) < 4.78 is 30.2. The largest absolute Gasteiger partial charge is 0.341 e. The molecule has 2 aliphatic heterocycles. The van der Waals surface area contributed by atoms with Gasteiger partial charge in [-0.05, 0) is 69.5 Å². The number of carbonyl (C=O) groups excluding carboxylic acids is 2. The second-order valence-electron chi connectivity index (χ2n) is 10.8. The zero-order chi connectivity index (χ0) is 27.7.